The van der Waals surface area contributed by atoms with E-state index in [4.69, 9.17) is 0 Å². The zero-order valence-electron chi connectivity index (χ0n) is 14.0. The van der Waals surface area contributed by atoms with Crippen LogP contribution in [0.25, 0.3) is 0 Å². The van der Waals surface area contributed by atoms with Gasteiger partial charge in [-0.25, -0.2) is 0 Å². The third kappa shape index (κ3) is 5.01. The fourth-order valence-corrected chi connectivity index (χ4v) is 2.86. The van der Waals surface area contributed by atoms with Gasteiger partial charge in [0.15, 0.2) is 0 Å². The molecule has 0 unspecified atom stereocenters. The predicted molar refractivity (Wildman–Crippen MR) is 84.1 cm³/mol. The number of nitrogens with one attached hydrogen (secondary N) is 1. The first-order valence-electron chi connectivity index (χ1n) is 8.21. The molecule has 1 fully saturated rings. The molecule has 0 saturated heterocycles. The molecular weight excluding hydrogens is 266 g/mol. The lowest BCUT2D eigenvalue weighted by Crippen LogP contribution is -2.56. The van der Waals surface area contributed by atoms with E-state index in [0.717, 1.165) is 18.8 Å². The minimum Gasteiger partial charge on any atom is -0.481 e. The highest BCUT2D eigenvalue weighted by Crippen LogP contribution is 2.31. The molecule has 0 atom stereocenters. The van der Waals surface area contributed by atoms with Gasteiger partial charge in [0.1, 0.15) is 0 Å². The third-order valence-corrected chi connectivity index (χ3v) is 5.29. The molecule has 4 nitrogen and oxygen atoms in total. The van der Waals surface area contributed by atoms with E-state index in [2.05, 4.69) is 5.32 Å². The molecule has 21 heavy (non-hydrogen) atoms. The Balaban J connectivity index is 2.37. The lowest BCUT2D eigenvalue weighted by molar-refractivity contribution is -0.151. The van der Waals surface area contributed by atoms with Crippen LogP contribution in [0.4, 0.5) is 0 Å². The number of hydrogen-bond acceptors (Lipinski definition) is 2. The fourth-order valence-electron chi connectivity index (χ4n) is 2.86. The van der Waals surface area contributed by atoms with Crippen molar-refractivity contribution in [2.45, 2.75) is 84.6 Å². The van der Waals surface area contributed by atoms with E-state index < -0.39 is 16.9 Å². The lowest BCUT2D eigenvalue weighted by Gasteiger charge is -2.38. The van der Waals surface area contributed by atoms with Crippen molar-refractivity contribution in [3.8, 4) is 0 Å². The van der Waals surface area contributed by atoms with Gasteiger partial charge in [0, 0.05) is 12.0 Å². The first-order chi connectivity index (χ1) is 9.67. The van der Waals surface area contributed by atoms with E-state index in [0.29, 0.717) is 6.42 Å². The largest absolute Gasteiger partial charge is 0.481 e. The number of aliphatic carboxylic acids is 1. The van der Waals surface area contributed by atoms with Gasteiger partial charge < -0.3 is 10.4 Å². The first kappa shape index (κ1) is 18.0. The van der Waals surface area contributed by atoms with E-state index >= 15 is 0 Å². The molecule has 1 amide bonds. The van der Waals surface area contributed by atoms with E-state index in [1.165, 1.54) is 32.1 Å². The van der Waals surface area contributed by atoms with E-state index in [-0.39, 0.29) is 5.91 Å². The first-order valence-corrected chi connectivity index (χ1v) is 8.21. The molecule has 0 heterocycles. The Hall–Kier alpha value is -1.06. The molecule has 0 bridgehead atoms. The summed E-state index contributed by atoms with van der Waals surface area (Å²) in [7, 11) is 0. The fraction of sp³-hybridized carbons (Fsp3) is 0.882. The molecule has 2 N–H and O–H groups in total. The van der Waals surface area contributed by atoms with Crippen LogP contribution in [0.1, 0.15) is 79.1 Å². The van der Waals surface area contributed by atoms with Crippen molar-refractivity contribution in [1.29, 1.82) is 0 Å². The summed E-state index contributed by atoms with van der Waals surface area (Å²) in [6.07, 6.45) is 9.15. The Morgan fingerprint density at radius 3 is 2.19 bits per heavy atom. The Morgan fingerprint density at radius 1 is 1.10 bits per heavy atom. The van der Waals surface area contributed by atoms with Crippen molar-refractivity contribution in [2.24, 2.45) is 11.3 Å². The summed E-state index contributed by atoms with van der Waals surface area (Å²) in [6.45, 7) is 6.86. The molecule has 0 aromatic heterocycles. The summed E-state index contributed by atoms with van der Waals surface area (Å²) in [5.74, 6) is -0.143. The average molecular weight is 297 g/mol. The van der Waals surface area contributed by atoms with Gasteiger partial charge >= 0.3 is 5.97 Å². The third-order valence-electron chi connectivity index (χ3n) is 5.29. The zero-order valence-corrected chi connectivity index (χ0v) is 14.0. The van der Waals surface area contributed by atoms with Crippen LogP contribution in [0.5, 0.6) is 0 Å². The van der Waals surface area contributed by atoms with Crippen molar-refractivity contribution in [3.05, 3.63) is 0 Å². The Morgan fingerprint density at radius 2 is 1.67 bits per heavy atom. The highest BCUT2D eigenvalue weighted by molar-refractivity contribution is 5.80. The van der Waals surface area contributed by atoms with E-state index in [1.807, 2.05) is 0 Å². The molecule has 0 aromatic rings. The maximum atomic E-state index is 12.1. The van der Waals surface area contributed by atoms with Gasteiger partial charge in [0.25, 0.3) is 0 Å². The van der Waals surface area contributed by atoms with Crippen molar-refractivity contribution in [2.75, 3.05) is 0 Å². The zero-order chi connectivity index (χ0) is 16.1. The SMILES string of the molecule is CC(C)(NC(=O)CCCC1CCCCC1)C(C)(C)C(=O)O. The Bertz CT molecular complexity index is 368. The summed E-state index contributed by atoms with van der Waals surface area (Å²) in [4.78, 5) is 23.4. The van der Waals surface area contributed by atoms with Crippen LogP contribution in [0.2, 0.25) is 0 Å². The van der Waals surface area contributed by atoms with Crippen LogP contribution >= 0.6 is 0 Å². The minimum atomic E-state index is -0.994. The molecule has 1 saturated carbocycles. The summed E-state index contributed by atoms with van der Waals surface area (Å²) >= 11 is 0. The molecule has 122 valence electrons. The number of carboxylic acids is 1. The normalized spacial score (nSPS) is 17.5. The van der Waals surface area contributed by atoms with E-state index in [1.54, 1.807) is 27.7 Å². The second-order valence-electron chi connectivity index (χ2n) is 7.50. The highest BCUT2D eigenvalue weighted by Gasteiger charge is 2.44. The summed E-state index contributed by atoms with van der Waals surface area (Å²) < 4.78 is 0. The van der Waals surface area contributed by atoms with Gasteiger partial charge in [-0.1, -0.05) is 32.1 Å². The molecule has 1 rings (SSSR count). The van der Waals surface area contributed by atoms with Gasteiger partial charge in [0.05, 0.1) is 5.41 Å². The molecule has 1 aliphatic carbocycles. The quantitative estimate of drug-likeness (QED) is 0.752. The van der Waals surface area contributed by atoms with Crippen LogP contribution < -0.4 is 5.32 Å². The summed E-state index contributed by atoms with van der Waals surface area (Å²) in [5, 5.41) is 12.2. The Labute approximate surface area is 128 Å². The average Bonchev–Trinajstić information content (AvgIpc) is 2.38. The van der Waals surface area contributed by atoms with E-state index in [9.17, 15) is 14.7 Å². The standard InChI is InChI=1S/C17H31NO3/c1-16(2,15(20)21)17(3,4)18-14(19)12-8-11-13-9-6-5-7-10-13/h13H,5-12H2,1-4H3,(H,18,19)(H,20,21). The number of rotatable bonds is 7. The molecule has 0 aliphatic heterocycles. The smallest absolute Gasteiger partial charge is 0.311 e. The number of carbonyl (C=O) groups excluding carboxylic acids is 1. The number of amides is 1. The minimum absolute atomic E-state index is 0.0369. The number of carboxylic acid groups (broad SMARTS) is 1. The van der Waals surface area contributed by atoms with Crippen LogP contribution in [-0.4, -0.2) is 22.5 Å². The summed E-state index contributed by atoms with van der Waals surface area (Å²) in [5.41, 5.74) is -1.76. The van der Waals surface area contributed by atoms with Crippen molar-refractivity contribution in [1.82, 2.24) is 5.32 Å². The predicted octanol–water partition coefficient (Wildman–Crippen LogP) is 3.74. The van der Waals surface area contributed by atoms with Gasteiger partial charge in [-0.05, 0) is 46.5 Å². The van der Waals surface area contributed by atoms with Gasteiger partial charge in [-0.2, -0.15) is 0 Å². The topological polar surface area (TPSA) is 66.4 Å². The molecule has 1 aliphatic rings. The monoisotopic (exact) mass is 297 g/mol. The van der Waals surface area contributed by atoms with Crippen molar-refractivity contribution >= 4 is 11.9 Å². The van der Waals surface area contributed by atoms with Crippen molar-refractivity contribution in [3.63, 3.8) is 0 Å². The van der Waals surface area contributed by atoms with Gasteiger partial charge in [-0.3, -0.25) is 9.59 Å². The van der Waals surface area contributed by atoms with Gasteiger partial charge in [-0.15, -0.1) is 0 Å². The molecular formula is C17H31NO3. The second-order valence-corrected chi connectivity index (χ2v) is 7.50. The molecule has 0 aromatic carbocycles. The van der Waals surface area contributed by atoms with Crippen LogP contribution in [0.3, 0.4) is 0 Å². The maximum absolute atomic E-state index is 12.1. The molecule has 0 radical (unpaired) electrons. The second kappa shape index (κ2) is 7.28. The lowest BCUT2D eigenvalue weighted by atomic mass is 9.74. The molecule has 0 spiro atoms. The maximum Gasteiger partial charge on any atom is 0.311 e. The van der Waals surface area contributed by atoms with Crippen LogP contribution in [0, 0.1) is 11.3 Å². The van der Waals surface area contributed by atoms with Crippen LogP contribution in [0.15, 0.2) is 0 Å². The number of carbonyl (C=O) groups is 2. The van der Waals surface area contributed by atoms with Gasteiger partial charge in [0.2, 0.25) is 5.91 Å². The highest BCUT2D eigenvalue weighted by atomic mass is 16.4. The number of hydrogen-bond donors (Lipinski definition) is 2. The molecule has 4 heteroatoms. The van der Waals surface area contributed by atoms with Crippen LogP contribution in [-0.2, 0) is 9.59 Å². The summed E-state index contributed by atoms with van der Waals surface area (Å²) in [6, 6.07) is 0. The van der Waals surface area contributed by atoms with Crippen molar-refractivity contribution < 1.29 is 14.7 Å². The Kier molecular flexibility index (Phi) is 6.24.